The lowest BCUT2D eigenvalue weighted by molar-refractivity contribution is 0.457. The Balaban J connectivity index is 1.99. The minimum atomic E-state index is 0.238. The lowest BCUT2D eigenvalue weighted by Crippen LogP contribution is -2.05. The molecule has 0 aliphatic carbocycles. The van der Waals surface area contributed by atoms with Crippen molar-refractivity contribution < 1.29 is 4.74 Å². The van der Waals surface area contributed by atoms with E-state index in [0.29, 0.717) is 28.0 Å². The number of nitriles is 1. The molecule has 0 saturated heterocycles. The second-order valence-corrected chi connectivity index (χ2v) is 5.67. The van der Waals surface area contributed by atoms with Crippen LogP contribution in [0.2, 0.25) is 0 Å². The van der Waals surface area contributed by atoms with E-state index in [1.807, 2.05) is 37.4 Å². The third-order valence-electron chi connectivity index (χ3n) is 3.35. The zero-order valence-corrected chi connectivity index (χ0v) is 13.9. The Morgan fingerprint density at radius 3 is 2.75 bits per heavy atom. The van der Waals surface area contributed by atoms with Crippen molar-refractivity contribution >= 4 is 17.6 Å². The summed E-state index contributed by atoms with van der Waals surface area (Å²) in [6, 6.07) is 11.3. The summed E-state index contributed by atoms with van der Waals surface area (Å²) < 4.78 is 7.21. The number of nitrogens with two attached hydrogens (primary N) is 1. The highest BCUT2D eigenvalue weighted by Crippen LogP contribution is 2.28. The number of benzene rings is 1. The van der Waals surface area contributed by atoms with Gasteiger partial charge in [-0.05, 0) is 24.8 Å². The maximum atomic E-state index is 9.22. The van der Waals surface area contributed by atoms with Crippen molar-refractivity contribution in [3.05, 3.63) is 47.8 Å². The molecule has 2 N–H and O–H groups in total. The molecule has 0 fully saturated rings. The standard InChI is InChI=1S/C16H14N6OS/c1-10-5-3-4-6-12(10)23-14-7-13(19-9-20-14)22-15(18)11(8-17)16(21-22)24-2/h3-7,9H,18H2,1-2H3. The molecule has 7 nitrogen and oxygen atoms in total. The Morgan fingerprint density at radius 2 is 2.08 bits per heavy atom. The van der Waals surface area contributed by atoms with Crippen LogP contribution < -0.4 is 10.5 Å². The van der Waals surface area contributed by atoms with Crippen molar-refractivity contribution in [2.24, 2.45) is 0 Å². The van der Waals surface area contributed by atoms with Gasteiger partial charge < -0.3 is 10.5 Å². The van der Waals surface area contributed by atoms with Crippen LogP contribution in [0.15, 0.2) is 41.7 Å². The molecule has 0 radical (unpaired) electrons. The van der Waals surface area contributed by atoms with Crippen LogP contribution in [0, 0.1) is 18.3 Å². The van der Waals surface area contributed by atoms with Gasteiger partial charge in [-0.3, -0.25) is 0 Å². The smallest absolute Gasteiger partial charge is 0.224 e. The summed E-state index contributed by atoms with van der Waals surface area (Å²) in [5, 5.41) is 14.1. The summed E-state index contributed by atoms with van der Waals surface area (Å²) in [7, 11) is 0. The molecule has 2 heterocycles. The van der Waals surface area contributed by atoms with E-state index >= 15 is 0 Å². The highest BCUT2D eigenvalue weighted by molar-refractivity contribution is 7.98. The van der Waals surface area contributed by atoms with Crippen molar-refractivity contribution in [1.82, 2.24) is 19.7 Å². The molecule has 3 aromatic rings. The van der Waals surface area contributed by atoms with E-state index in [2.05, 4.69) is 21.1 Å². The molecular formula is C16H14N6OS. The fourth-order valence-corrected chi connectivity index (χ4v) is 2.64. The van der Waals surface area contributed by atoms with Crippen LogP contribution in [0.1, 0.15) is 11.1 Å². The van der Waals surface area contributed by atoms with Gasteiger partial charge in [-0.25, -0.2) is 9.97 Å². The molecule has 24 heavy (non-hydrogen) atoms. The van der Waals surface area contributed by atoms with Crippen LogP contribution in [-0.4, -0.2) is 26.0 Å². The molecule has 3 rings (SSSR count). The molecule has 0 amide bonds. The third-order valence-corrected chi connectivity index (χ3v) is 4.02. The van der Waals surface area contributed by atoms with Crippen LogP contribution in [0.3, 0.4) is 0 Å². The van der Waals surface area contributed by atoms with Crippen molar-refractivity contribution in [2.75, 3.05) is 12.0 Å². The molecule has 0 unspecified atom stereocenters. The highest BCUT2D eigenvalue weighted by Gasteiger charge is 2.17. The molecule has 0 aliphatic rings. The second-order valence-electron chi connectivity index (χ2n) is 4.88. The third kappa shape index (κ3) is 2.89. The summed E-state index contributed by atoms with van der Waals surface area (Å²) in [5.74, 6) is 1.75. The largest absolute Gasteiger partial charge is 0.439 e. The summed E-state index contributed by atoms with van der Waals surface area (Å²) in [4.78, 5) is 8.28. The van der Waals surface area contributed by atoms with Gasteiger partial charge in [0.1, 0.15) is 34.6 Å². The monoisotopic (exact) mass is 338 g/mol. The summed E-state index contributed by atoms with van der Waals surface area (Å²) in [6.07, 6.45) is 3.20. The van der Waals surface area contributed by atoms with Crippen LogP contribution in [0.4, 0.5) is 5.82 Å². The van der Waals surface area contributed by atoms with Gasteiger partial charge in [-0.15, -0.1) is 11.8 Å². The Morgan fingerprint density at radius 1 is 1.29 bits per heavy atom. The average molecular weight is 338 g/mol. The summed E-state index contributed by atoms with van der Waals surface area (Å²) in [6.45, 7) is 1.95. The van der Waals surface area contributed by atoms with E-state index in [1.54, 1.807) is 6.07 Å². The minimum absolute atomic E-state index is 0.238. The van der Waals surface area contributed by atoms with Crippen LogP contribution in [-0.2, 0) is 0 Å². The highest BCUT2D eigenvalue weighted by atomic mass is 32.2. The van der Waals surface area contributed by atoms with Gasteiger partial charge in [0.2, 0.25) is 5.88 Å². The second kappa shape index (κ2) is 6.60. The van der Waals surface area contributed by atoms with Gasteiger partial charge >= 0.3 is 0 Å². The van der Waals surface area contributed by atoms with E-state index in [-0.39, 0.29) is 5.82 Å². The lowest BCUT2D eigenvalue weighted by Gasteiger charge is -2.08. The first-order chi connectivity index (χ1) is 11.6. The number of para-hydroxylation sites is 1. The van der Waals surface area contributed by atoms with E-state index < -0.39 is 0 Å². The van der Waals surface area contributed by atoms with Gasteiger partial charge in [0.25, 0.3) is 0 Å². The van der Waals surface area contributed by atoms with Crippen LogP contribution in [0.5, 0.6) is 11.6 Å². The maximum Gasteiger partial charge on any atom is 0.224 e. The number of nitrogen functional groups attached to an aromatic ring is 1. The van der Waals surface area contributed by atoms with Crippen molar-refractivity contribution in [3.63, 3.8) is 0 Å². The van der Waals surface area contributed by atoms with Crippen molar-refractivity contribution in [2.45, 2.75) is 11.9 Å². The molecule has 0 atom stereocenters. The number of hydrogen-bond acceptors (Lipinski definition) is 7. The number of aryl methyl sites for hydroxylation is 1. The van der Waals surface area contributed by atoms with Crippen molar-refractivity contribution in [3.8, 4) is 23.5 Å². The summed E-state index contributed by atoms with van der Waals surface area (Å²) >= 11 is 1.35. The quantitative estimate of drug-likeness (QED) is 0.729. The number of rotatable bonds is 4. The van der Waals surface area contributed by atoms with Gasteiger partial charge in [0.15, 0.2) is 5.82 Å². The van der Waals surface area contributed by atoms with Crippen LogP contribution >= 0.6 is 11.8 Å². The molecule has 0 aliphatic heterocycles. The number of aromatic nitrogens is 4. The molecular weight excluding hydrogens is 324 g/mol. The normalized spacial score (nSPS) is 10.4. The van der Waals surface area contributed by atoms with Gasteiger partial charge in [0.05, 0.1) is 0 Å². The Kier molecular flexibility index (Phi) is 4.35. The molecule has 0 bridgehead atoms. The first kappa shape index (κ1) is 15.8. The average Bonchev–Trinajstić information content (AvgIpc) is 2.93. The number of hydrogen-bond donors (Lipinski definition) is 1. The van der Waals surface area contributed by atoms with Crippen LogP contribution in [0.25, 0.3) is 5.82 Å². The predicted octanol–water partition coefficient (Wildman–Crippen LogP) is 2.94. The number of ether oxygens (including phenoxy) is 1. The number of anilines is 1. The topological polar surface area (TPSA) is 103 Å². The summed E-state index contributed by atoms with van der Waals surface area (Å²) in [5.41, 5.74) is 7.34. The fraction of sp³-hybridized carbons (Fsp3) is 0.125. The van der Waals surface area contributed by atoms with Gasteiger partial charge in [-0.2, -0.15) is 15.0 Å². The first-order valence-electron chi connectivity index (χ1n) is 7.02. The molecule has 1 aromatic carbocycles. The van der Waals surface area contributed by atoms with Crippen molar-refractivity contribution in [1.29, 1.82) is 5.26 Å². The van der Waals surface area contributed by atoms with E-state index in [0.717, 1.165) is 5.56 Å². The fourth-order valence-electron chi connectivity index (χ4n) is 2.12. The first-order valence-corrected chi connectivity index (χ1v) is 8.25. The molecule has 2 aromatic heterocycles. The Hall–Kier alpha value is -3.05. The van der Waals surface area contributed by atoms with Gasteiger partial charge in [-0.1, -0.05) is 18.2 Å². The van der Waals surface area contributed by atoms with E-state index in [1.165, 1.54) is 22.8 Å². The van der Waals surface area contributed by atoms with Gasteiger partial charge in [0, 0.05) is 6.07 Å². The van der Waals surface area contributed by atoms with E-state index in [4.69, 9.17) is 10.5 Å². The zero-order chi connectivity index (χ0) is 17.1. The molecule has 0 spiro atoms. The molecule has 8 heteroatoms. The maximum absolute atomic E-state index is 9.22. The number of thioether (sulfide) groups is 1. The number of nitrogens with zero attached hydrogens (tertiary/aromatic N) is 5. The van der Waals surface area contributed by atoms with E-state index in [9.17, 15) is 5.26 Å². The SMILES string of the molecule is CSc1nn(-c2cc(Oc3ccccc3C)ncn2)c(N)c1C#N. The zero-order valence-electron chi connectivity index (χ0n) is 13.1. The lowest BCUT2D eigenvalue weighted by atomic mass is 10.2. The molecule has 120 valence electrons. The molecule has 0 saturated carbocycles. The minimum Gasteiger partial charge on any atom is -0.439 e. The Labute approximate surface area is 143 Å². The Bertz CT molecular complexity index is 931. The predicted molar refractivity (Wildman–Crippen MR) is 91.3 cm³/mol.